The summed E-state index contributed by atoms with van der Waals surface area (Å²) in [6.07, 6.45) is 5.97. The molecule has 0 atom stereocenters. The number of rotatable bonds is 3. The van der Waals surface area contributed by atoms with E-state index in [-0.39, 0.29) is 0 Å². The van der Waals surface area contributed by atoms with Crippen LogP contribution < -0.4 is 0 Å². The number of fused-ring (bicyclic) bond motifs is 1. The molecule has 0 saturated carbocycles. The summed E-state index contributed by atoms with van der Waals surface area (Å²) in [5, 5.41) is 2.61. The first-order valence-corrected chi connectivity index (χ1v) is 6.81. The fraction of sp³-hybridized carbons (Fsp3) is 0.125. The van der Waals surface area contributed by atoms with Crippen LogP contribution in [0, 0.1) is 6.92 Å². The van der Waals surface area contributed by atoms with E-state index in [2.05, 4.69) is 50.6 Å². The first-order chi connectivity index (χ1) is 8.24. The van der Waals surface area contributed by atoms with Crippen LogP contribution in [-0.4, -0.2) is 6.26 Å². The Morgan fingerprint density at radius 2 is 1.59 bits per heavy atom. The predicted molar refractivity (Wildman–Crippen MR) is 80.6 cm³/mol. The van der Waals surface area contributed by atoms with Crippen molar-refractivity contribution >= 4 is 34.7 Å². The van der Waals surface area contributed by atoms with E-state index in [4.69, 9.17) is 0 Å². The number of aryl methyl sites for hydroxylation is 1. The zero-order chi connectivity index (χ0) is 12.4. The Balaban J connectivity index is 3.03. The molecule has 17 heavy (non-hydrogen) atoms. The Kier molecular flexibility index (Phi) is 3.39. The van der Waals surface area contributed by atoms with Crippen molar-refractivity contribution < 1.29 is 0 Å². The van der Waals surface area contributed by atoms with Gasteiger partial charge in [0.25, 0.3) is 0 Å². The summed E-state index contributed by atoms with van der Waals surface area (Å²) >= 11 is 1.77. The van der Waals surface area contributed by atoms with Crippen LogP contribution in [0.3, 0.4) is 0 Å². The van der Waals surface area contributed by atoms with E-state index in [9.17, 15) is 0 Å². The number of benzene rings is 2. The minimum Gasteiger partial charge on any atom is -0.128 e. The first-order valence-electron chi connectivity index (χ1n) is 5.58. The maximum absolute atomic E-state index is 3.93. The molecule has 2 rings (SSSR count). The van der Waals surface area contributed by atoms with E-state index in [0.717, 1.165) is 0 Å². The second-order valence-corrected chi connectivity index (χ2v) is 4.76. The van der Waals surface area contributed by atoms with Gasteiger partial charge in [0.1, 0.15) is 0 Å². The molecule has 0 bridgehead atoms. The normalized spacial score (nSPS) is 10.5. The van der Waals surface area contributed by atoms with Crippen LogP contribution in [0.5, 0.6) is 0 Å². The van der Waals surface area contributed by atoms with Gasteiger partial charge >= 0.3 is 0 Å². The maximum atomic E-state index is 3.93. The van der Waals surface area contributed by atoms with Crippen LogP contribution in [0.15, 0.2) is 42.3 Å². The minimum absolute atomic E-state index is 1.20. The molecule has 0 aliphatic heterocycles. The molecule has 2 aromatic carbocycles. The third-order valence-electron chi connectivity index (χ3n) is 3.13. The molecule has 86 valence electrons. The fourth-order valence-electron chi connectivity index (χ4n) is 2.31. The minimum atomic E-state index is 1.20. The summed E-state index contributed by atoms with van der Waals surface area (Å²) in [6.45, 7) is 10.0. The van der Waals surface area contributed by atoms with Gasteiger partial charge in [0.2, 0.25) is 0 Å². The predicted octanol–water partition coefficient (Wildman–Crippen LogP) is 5.16. The van der Waals surface area contributed by atoms with Gasteiger partial charge in [-0.25, -0.2) is 0 Å². The van der Waals surface area contributed by atoms with Crippen LogP contribution in [0.25, 0.3) is 22.9 Å². The summed E-state index contributed by atoms with van der Waals surface area (Å²) in [6, 6.07) is 8.51. The monoisotopic (exact) mass is 240 g/mol. The van der Waals surface area contributed by atoms with E-state index in [1.807, 2.05) is 12.2 Å². The lowest BCUT2D eigenvalue weighted by Gasteiger charge is -2.15. The fourth-order valence-corrected chi connectivity index (χ4v) is 3.12. The van der Waals surface area contributed by atoms with Crippen molar-refractivity contribution in [1.29, 1.82) is 0 Å². The van der Waals surface area contributed by atoms with Crippen LogP contribution >= 0.6 is 11.8 Å². The van der Waals surface area contributed by atoms with E-state index < -0.39 is 0 Å². The van der Waals surface area contributed by atoms with Gasteiger partial charge in [0, 0.05) is 4.90 Å². The van der Waals surface area contributed by atoms with Crippen LogP contribution in [0.2, 0.25) is 0 Å². The van der Waals surface area contributed by atoms with Crippen molar-refractivity contribution in [2.45, 2.75) is 11.8 Å². The highest BCUT2D eigenvalue weighted by atomic mass is 32.2. The second-order valence-electron chi connectivity index (χ2n) is 3.94. The first kappa shape index (κ1) is 12.0. The third-order valence-corrected chi connectivity index (χ3v) is 3.97. The third kappa shape index (κ3) is 1.81. The molecular weight excluding hydrogens is 224 g/mol. The molecule has 1 heteroatoms. The van der Waals surface area contributed by atoms with Gasteiger partial charge in [-0.3, -0.25) is 0 Å². The Morgan fingerprint density at radius 3 is 2.12 bits per heavy atom. The van der Waals surface area contributed by atoms with Crippen LogP contribution in [0.1, 0.15) is 16.7 Å². The Morgan fingerprint density at radius 1 is 1.00 bits per heavy atom. The van der Waals surface area contributed by atoms with E-state index in [0.29, 0.717) is 0 Å². The summed E-state index contributed by atoms with van der Waals surface area (Å²) in [7, 11) is 0. The molecule has 0 aliphatic carbocycles. The second kappa shape index (κ2) is 4.80. The van der Waals surface area contributed by atoms with Gasteiger partial charge in [0.15, 0.2) is 0 Å². The molecule has 0 unspecified atom stereocenters. The van der Waals surface area contributed by atoms with Gasteiger partial charge in [-0.05, 0) is 40.6 Å². The van der Waals surface area contributed by atoms with Crippen molar-refractivity contribution in [2.75, 3.05) is 6.26 Å². The molecule has 0 fully saturated rings. The lowest BCUT2D eigenvalue weighted by atomic mass is 9.94. The number of hydrogen-bond acceptors (Lipinski definition) is 1. The topological polar surface area (TPSA) is 0 Å². The number of hydrogen-bond donors (Lipinski definition) is 0. The Bertz CT molecular complexity index is 594. The lowest BCUT2D eigenvalue weighted by Crippen LogP contribution is -1.93. The molecular formula is C16H16S. The smallest absolute Gasteiger partial charge is 0.0226 e. The molecule has 0 N–H and O–H groups in total. The summed E-state index contributed by atoms with van der Waals surface area (Å²) in [5.74, 6) is 0. The largest absolute Gasteiger partial charge is 0.128 e. The molecule has 2 aromatic rings. The molecule has 0 amide bonds. The Labute approximate surface area is 107 Å². The standard InChI is InChI=1S/C16H16S/c1-5-12-11(3)14-9-7-8-10-15(14)16(17-4)13(12)6-2/h5-10H,1-2H2,3-4H3. The van der Waals surface area contributed by atoms with E-state index in [1.165, 1.54) is 32.4 Å². The van der Waals surface area contributed by atoms with Crippen molar-refractivity contribution in [1.82, 2.24) is 0 Å². The highest BCUT2D eigenvalue weighted by Gasteiger charge is 2.12. The molecule has 0 spiro atoms. The lowest BCUT2D eigenvalue weighted by molar-refractivity contribution is 1.40. The van der Waals surface area contributed by atoms with Crippen molar-refractivity contribution in [3.63, 3.8) is 0 Å². The van der Waals surface area contributed by atoms with Gasteiger partial charge < -0.3 is 0 Å². The summed E-state index contributed by atoms with van der Waals surface area (Å²) in [5.41, 5.74) is 3.68. The van der Waals surface area contributed by atoms with Gasteiger partial charge in [-0.2, -0.15) is 0 Å². The SMILES string of the molecule is C=Cc1c(C=C)c(SC)c2ccccc2c1C. The zero-order valence-electron chi connectivity index (χ0n) is 10.3. The molecule has 0 heterocycles. The Hall–Kier alpha value is -1.47. The number of thioether (sulfide) groups is 1. The van der Waals surface area contributed by atoms with Crippen molar-refractivity contribution in [3.05, 3.63) is 54.1 Å². The van der Waals surface area contributed by atoms with Gasteiger partial charge in [-0.15, -0.1) is 11.8 Å². The maximum Gasteiger partial charge on any atom is 0.0226 e. The average molecular weight is 240 g/mol. The molecule has 0 nitrogen and oxygen atoms in total. The van der Waals surface area contributed by atoms with E-state index >= 15 is 0 Å². The quantitative estimate of drug-likeness (QED) is 0.668. The van der Waals surface area contributed by atoms with Gasteiger partial charge in [-0.1, -0.05) is 49.6 Å². The molecule has 0 aliphatic rings. The van der Waals surface area contributed by atoms with Crippen molar-refractivity contribution in [3.8, 4) is 0 Å². The van der Waals surface area contributed by atoms with Crippen LogP contribution in [-0.2, 0) is 0 Å². The molecule has 0 saturated heterocycles. The molecule has 0 radical (unpaired) electrons. The summed E-state index contributed by atoms with van der Waals surface area (Å²) < 4.78 is 0. The van der Waals surface area contributed by atoms with Crippen LogP contribution in [0.4, 0.5) is 0 Å². The zero-order valence-corrected chi connectivity index (χ0v) is 11.1. The summed E-state index contributed by atoms with van der Waals surface area (Å²) in [4.78, 5) is 1.29. The highest BCUT2D eigenvalue weighted by Crippen LogP contribution is 2.36. The highest BCUT2D eigenvalue weighted by molar-refractivity contribution is 7.98. The van der Waals surface area contributed by atoms with Gasteiger partial charge in [0.05, 0.1) is 0 Å². The van der Waals surface area contributed by atoms with Crippen molar-refractivity contribution in [2.24, 2.45) is 0 Å². The molecule has 0 aromatic heterocycles. The average Bonchev–Trinajstić information content (AvgIpc) is 2.38. The van der Waals surface area contributed by atoms with E-state index in [1.54, 1.807) is 11.8 Å².